The van der Waals surface area contributed by atoms with Crippen molar-refractivity contribution in [2.75, 3.05) is 6.54 Å². The predicted molar refractivity (Wildman–Crippen MR) is 90.5 cm³/mol. The summed E-state index contributed by atoms with van der Waals surface area (Å²) in [6.07, 6.45) is 6.40. The molecule has 0 spiro atoms. The fourth-order valence-electron chi connectivity index (χ4n) is 3.35. The Balaban J connectivity index is 1.75. The minimum absolute atomic E-state index is 0.470. The predicted octanol–water partition coefficient (Wildman–Crippen LogP) is 5.12. The summed E-state index contributed by atoms with van der Waals surface area (Å²) in [5, 5.41) is 3.78. The highest BCUT2D eigenvalue weighted by molar-refractivity contribution is 5.73. The summed E-state index contributed by atoms with van der Waals surface area (Å²) in [5.41, 5.74) is 5.76. The van der Waals surface area contributed by atoms with Gasteiger partial charge in [0.05, 0.1) is 0 Å². The minimum atomic E-state index is 0.470. The molecule has 1 unspecified atom stereocenters. The maximum atomic E-state index is 3.78. The zero-order valence-electron chi connectivity index (χ0n) is 12.9. The number of fused-ring (bicyclic) bond motifs is 3. The first-order valence-corrected chi connectivity index (χ1v) is 8.30. The van der Waals surface area contributed by atoms with Crippen molar-refractivity contribution < 1.29 is 0 Å². The van der Waals surface area contributed by atoms with Crippen molar-refractivity contribution >= 4 is 0 Å². The summed E-state index contributed by atoms with van der Waals surface area (Å²) in [7, 11) is 0. The van der Waals surface area contributed by atoms with Crippen LogP contribution in [-0.4, -0.2) is 6.54 Å². The van der Waals surface area contributed by atoms with Crippen molar-refractivity contribution in [3.63, 3.8) is 0 Å². The van der Waals surface area contributed by atoms with E-state index in [9.17, 15) is 0 Å². The lowest BCUT2D eigenvalue weighted by molar-refractivity contribution is 0.503. The number of hydrogen-bond donors (Lipinski definition) is 1. The Kier molecular flexibility index (Phi) is 4.72. The summed E-state index contributed by atoms with van der Waals surface area (Å²) in [6.45, 7) is 3.39. The van der Waals surface area contributed by atoms with Gasteiger partial charge in [-0.2, -0.15) is 0 Å². The Labute approximate surface area is 128 Å². The van der Waals surface area contributed by atoms with Crippen molar-refractivity contribution in [2.45, 2.75) is 45.1 Å². The fraction of sp³-hybridized carbons (Fsp3) is 0.400. The molecule has 0 amide bonds. The lowest BCUT2D eigenvalue weighted by Gasteiger charge is -2.28. The lowest BCUT2D eigenvalue weighted by Crippen LogP contribution is -2.27. The average Bonchev–Trinajstić information content (AvgIpc) is 2.54. The number of rotatable bonds is 6. The summed E-state index contributed by atoms with van der Waals surface area (Å²) in [4.78, 5) is 0. The molecule has 0 saturated carbocycles. The largest absolute Gasteiger partial charge is 0.310 e. The Morgan fingerprint density at radius 3 is 2.52 bits per heavy atom. The third-order valence-corrected chi connectivity index (χ3v) is 4.49. The smallest absolute Gasteiger partial charge is 0.0367 e. The summed E-state index contributed by atoms with van der Waals surface area (Å²) < 4.78 is 0. The van der Waals surface area contributed by atoms with Crippen LogP contribution in [0.4, 0.5) is 0 Å². The molecule has 1 nitrogen and oxygen atoms in total. The second-order valence-corrected chi connectivity index (χ2v) is 6.02. The molecule has 110 valence electrons. The van der Waals surface area contributed by atoms with E-state index in [4.69, 9.17) is 0 Å². The molecule has 21 heavy (non-hydrogen) atoms. The van der Waals surface area contributed by atoms with E-state index < -0.39 is 0 Å². The molecule has 0 radical (unpaired) electrons. The molecule has 1 heteroatoms. The maximum absolute atomic E-state index is 3.78. The molecule has 3 rings (SSSR count). The maximum Gasteiger partial charge on any atom is 0.0367 e. The highest BCUT2D eigenvalue weighted by Gasteiger charge is 2.23. The molecule has 0 heterocycles. The minimum Gasteiger partial charge on any atom is -0.310 e. The van der Waals surface area contributed by atoms with Crippen LogP contribution in [0.25, 0.3) is 11.1 Å². The summed E-state index contributed by atoms with van der Waals surface area (Å²) >= 11 is 0. The first kappa shape index (κ1) is 14.3. The van der Waals surface area contributed by atoms with Crippen molar-refractivity contribution in [3.8, 4) is 11.1 Å². The molecule has 1 aliphatic rings. The van der Waals surface area contributed by atoms with Crippen molar-refractivity contribution in [1.29, 1.82) is 0 Å². The van der Waals surface area contributed by atoms with E-state index in [0.717, 1.165) is 13.0 Å². The number of hydrogen-bond acceptors (Lipinski definition) is 1. The van der Waals surface area contributed by atoms with Crippen LogP contribution >= 0.6 is 0 Å². The second kappa shape index (κ2) is 6.91. The van der Waals surface area contributed by atoms with Crippen molar-refractivity contribution in [2.24, 2.45) is 0 Å². The van der Waals surface area contributed by atoms with Gasteiger partial charge in [-0.1, -0.05) is 74.7 Å². The van der Waals surface area contributed by atoms with Crippen LogP contribution in [0.15, 0.2) is 48.5 Å². The quantitative estimate of drug-likeness (QED) is 0.724. The van der Waals surface area contributed by atoms with Gasteiger partial charge in [-0.15, -0.1) is 0 Å². The van der Waals surface area contributed by atoms with E-state index in [-0.39, 0.29) is 0 Å². The average molecular weight is 279 g/mol. The van der Waals surface area contributed by atoms with E-state index in [1.165, 1.54) is 47.9 Å². The van der Waals surface area contributed by atoms with Gasteiger partial charge in [0, 0.05) is 6.04 Å². The molecule has 2 aromatic rings. The van der Waals surface area contributed by atoms with Gasteiger partial charge < -0.3 is 5.32 Å². The number of unbranched alkanes of at least 4 members (excludes halogenated alkanes) is 3. The SMILES string of the molecule is CCCCCCNC1Cc2ccccc2-c2ccccc21. The Hall–Kier alpha value is -1.60. The monoisotopic (exact) mass is 279 g/mol. The topological polar surface area (TPSA) is 12.0 Å². The molecule has 0 aliphatic heterocycles. The van der Waals surface area contributed by atoms with E-state index in [1.54, 1.807) is 0 Å². The molecule has 1 atom stereocenters. The van der Waals surface area contributed by atoms with E-state index in [1.807, 2.05) is 0 Å². The van der Waals surface area contributed by atoms with Crippen LogP contribution in [0.5, 0.6) is 0 Å². The van der Waals surface area contributed by atoms with Gasteiger partial charge in [0.2, 0.25) is 0 Å². The normalized spacial score (nSPS) is 16.3. The van der Waals surface area contributed by atoms with Crippen LogP contribution in [0, 0.1) is 0 Å². The molecule has 2 aromatic carbocycles. The fourth-order valence-corrected chi connectivity index (χ4v) is 3.35. The van der Waals surface area contributed by atoms with Crippen LogP contribution in [-0.2, 0) is 6.42 Å². The summed E-state index contributed by atoms with van der Waals surface area (Å²) in [5.74, 6) is 0. The third kappa shape index (κ3) is 3.19. The van der Waals surface area contributed by atoms with Gasteiger partial charge in [-0.25, -0.2) is 0 Å². The molecule has 0 aromatic heterocycles. The van der Waals surface area contributed by atoms with Crippen LogP contribution in [0.1, 0.15) is 49.8 Å². The van der Waals surface area contributed by atoms with Crippen molar-refractivity contribution in [3.05, 3.63) is 59.7 Å². The van der Waals surface area contributed by atoms with Gasteiger partial charge in [0.1, 0.15) is 0 Å². The van der Waals surface area contributed by atoms with Gasteiger partial charge in [0.25, 0.3) is 0 Å². The highest BCUT2D eigenvalue weighted by Crippen LogP contribution is 2.38. The van der Waals surface area contributed by atoms with Gasteiger partial charge in [0.15, 0.2) is 0 Å². The van der Waals surface area contributed by atoms with Crippen LogP contribution in [0.3, 0.4) is 0 Å². The molecular formula is C20H25N. The van der Waals surface area contributed by atoms with Gasteiger partial charge in [-0.3, -0.25) is 0 Å². The second-order valence-electron chi connectivity index (χ2n) is 6.02. The first-order valence-electron chi connectivity index (χ1n) is 8.30. The van der Waals surface area contributed by atoms with E-state index in [0.29, 0.717) is 6.04 Å². The Bertz CT molecular complexity index is 588. The Morgan fingerprint density at radius 2 is 1.67 bits per heavy atom. The van der Waals surface area contributed by atoms with E-state index in [2.05, 4.69) is 60.8 Å². The molecule has 1 aliphatic carbocycles. The third-order valence-electron chi connectivity index (χ3n) is 4.49. The molecule has 0 saturated heterocycles. The van der Waals surface area contributed by atoms with Crippen molar-refractivity contribution in [1.82, 2.24) is 5.32 Å². The van der Waals surface area contributed by atoms with Crippen LogP contribution in [0.2, 0.25) is 0 Å². The Morgan fingerprint density at radius 1 is 0.905 bits per heavy atom. The summed E-state index contributed by atoms with van der Waals surface area (Å²) in [6, 6.07) is 18.2. The highest BCUT2D eigenvalue weighted by atomic mass is 14.9. The van der Waals surface area contributed by atoms with Gasteiger partial charge >= 0.3 is 0 Å². The zero-order valence-corrected chi connectivity index (χ0v) is 12.9. The lowest BCUT2D eigenvalue weighted by atomic mass is 9.82. The molecule has 0 fully saturated rings. The molecule has 0 bridgehead atoms. The van der Waals surface area contributed by atoms with E-state index >= 15 is 0 Å². The molecule has 1 N–H and O–H groups in total. The number of nitrogens with one attached hydrogen (secondary N) is 1. The zero-order chi connectivity index (χ0) is 14.5. The van der Waals surface area contributed by atoms with Gasteiger partial charge in [-0.05, 0) is 41.6 Å². The molecular weight excluding hydrogens is 254 g/mol. The van der Waals surface area contributed by atoms with Crippen LogP contribution < -0.4 is 5.32 Å². The standard InChI is InChI=1S/C20H25N/c1-2-3-4-9-14-21-20-15-16-10-5-6-11-17(16)18-12-7-8-13-19(18)20/h5-8,10-13,20-21H,2-4,9,14-15H2,1H3. The number of benzene rings is 2. The first-order chi connectivity index (χ1) is 10.4.